The van der Waals surface area contributed by atoms with E-state index in [2.05, 4.69) is 5.32 Å². The third-order valence-corrected chi connectivity index (χ3v) is 5.31. The van der Waals surface area contributed by atoms with Crippen molar-refractivity contribution < 1.29 is 14.4 Å². The number of hydrogen-bond acceptors (Lipinski definition) is 4. The Morgan fingerprint density at radius 3 is 2.26 bits per heavy atom. The second-order valence-corrected chi connectivity index (χ2v) is 7.08. The third-order valence-electron chi connectivity index (χ3n) is 4.16. The number of thioether (sulfide) groups is 1. The van der Waals surface area contributed by atoms with Crippen LogP contribution >= 0.6 is 11.8 Å². The molecule has 1 heterocycles. The normalized spacial score (nSPS) is 14.1. The number of imide groups is 1. The molecule has 0 unspecified atom stereocenters. The lowest BCUT2D eigenvalue weighted by Crippen LogP contribution is -2.31. The van der Waals surface area contributed by atoms with Crippen LogP contribution in [0.25, 0.3) is 5.57 Å². The Bertz CT molecular complexity index is 905. The Balaban J connectivity index is 1.92. The molecule has 0 atom stereocenters. The van der Waals surface area contributed by atoms with Crippen molar-refractivity contribution in [2.75, 3.05) is 11.9 Å². The molecular weight excluding hydrogens is 360 g/mol. The molecule has 27 heavy (non-hydrogen) atoms. The smallest absolute Gasteiger partial charge is 0.267 e. The fourth-order valence-corrected chi connectivity index (χ4v) is 3.97. The fraction of sp³-hybridized carbons (Fsp3) is 0.190. The fourth-order valence-electron chi connectivity index (χ4n) is 2.88. The van der Waals surface area contributed by atoms with Gasteiger partial charge in [0, 0.05) is 24.9 Å². The highest BCUT2D eigenvalue weighted by molar-refractivity contribution is 8.03. The summed E-state index contributed by atoms with van der Waals surface area (Å²) in [6.07, 6.45) is 0. The maximum Gasteiger partial charge on any atom is 0.267 e. The Labute approximate surface area is 162 Å². The van der Waals surface area contributed by atoms with Gasteiger partial charge in [0.15, 0.2) is 0 Å². The predicted octanol–water partition coefficient (Wildman–Crippen LogP) is 3.68. The van der Waals surface area contributed by atoms with E-state index in [0.29, 0.717) is 34.0 Å². The first kappa shape index (κ1) is 18.9. The minimum Gasteiger partial charge on any atom is -0.326 e. The van der Waals surface area contributed by atoms with Crippen LogP contribution in [0.2, 0.25) is 0 Å². The number of hydrogen-bond donors (Lipinski definition) is 1. The Morgan fingerprint density at radius 2 is 1.67 bits per heavy atom. The molecule has 3 rings (SSSR count). The van der Waals surface area contributed by atoms with Crippen molar-refractivity contribution in [2.24, 2.45) is 0 Å². The van der Waals surface area contributed by atoms with Gasteiger partial charge in [-0.25, -0.2) is 0 Å². The van der Waals surface area contributed by atoms with E-state index >= 15 is 0 Å². The lowest BCUT2D eigenvalue weighted by molar-refractivity contribution is -0.136. The van der Waals surface area contributed by atoms with E-state index in [9.17, 15) is 14.4 Å². The zero-order valence-corrected chi connectivity index (χ0v) is 16.0. The number of likely N-dealkylation sites (N-methyl/N-ethyl adjacent to an activating group) is 1. The van der Waals surface area contributed by atoms with Crippen LogP contribution in [0.3, 0.4) is 0 Å². The zero-order chi connectivity index (χ0) is 19.4. The maximum absolute atomic E-state index is 12.8. The van der Waals surface area contributed by atoms with Crippen LogP contribution in [0.5, 0.6) is 0 Å². The van der Waals surface area contributed by atoms with E-state index in [4.69, 9.17) is 0 Å². The maximum atomic E-state index is 12.8. The Hall–Kier alpha value is -2.86. The van der Waals surface area contributed by atoms with Gasteiger partial charge >= 0.3 is 0 Å². The van der Waals surface area contributed by atoms with E-state index in [0.717, 1.165) is 5.56 Å². The lowest BCUT2D eigenvalue weighted by Gasteiger charge is -2.11. The minimum atomic E-state index is -0.273. The van der Waals surface area contributed by atoms with Crippen LogP contribution in [0, 0.1) is 0 Å². The van der Waals surface area contributed by atoms with Crippen molar-refractivity contribution in [2.45, 2.75) is 19.6 Å². The molecule has 0 spiro atoms. The summed E-state index contributed by atoms with van der Waals surface area (Å²) in [6.45, 7) is 3.56. The van der Waals surface area contributed by atoms with Crippen molar-refractivity contribution in [3.63, 3.8) is 0 Å². The van der Waals surface area contributed by atoms with Gasteiger partial charge in [-0.05, 0) is 30.2 Å². The number of carbonyl (C=O) groups excluding carboxylic acids is 3. The molecule has 0 saturated carbocycles. The number of rotatable bonds is 6. The highest BCUT2D eigenvalue weighted by Gasteiger charge is 2.38. The molecular formula is C21H20N2O3S. The number of amides is 3. The van der Waals surface area contributed by atoms with Gasteiger partial charge in [0.2, 0.25) is 5.91 Å². The number of anilines is 1. The zero-order valence-electron chi connectivity index (χ0n) is 15.2. The van der Waals surface area contributed by atoms with Gasteiger partial charge in [0.25, 0.3) is 11.8 Å². The SMILES string of the molecule is CCN1C(=O)C(SCc2ccccc2)=C(c2ccc(NC(C)=O)cc2)C1=O. The Morgan fingerprint density at radius 1 is 1.00 bits per heavy atom. The van der Waals surface area contributed by atoms with Crippen LogP contribution in [0.1, 0.15) is 25.0 Å². The van der Waals surface area contributed by atoms with Crippen LogP contribution in [-0.4, -0.2) is 29.2 Å². The van der Waals surface area contributed by atoms with Gasteiger partial charge < -0.3 is 5.32 Å². The first-order valence-electron chi connectivity index (χ1n) is 8.66. The summed E-state index contributed by atoms with van der Waals surface area (Å²) in [5, 5.41) is 2.70. The lowest BCUT2D eigenvalue weighted by atomic mass is 10.1. The van der Waals surface area contributed by atoms with Crippen molar-refractivity contribution >= 4 is 40.7 Å². The molecule has 0 fully saturated rings. The van der Waals surface area contributed by atoms with E-state index in [1.54, 1.807) is 31.2 Å². The van der Waals surface area contributed by atoms with E-state index in [1.807, 2.05) is 30.3 Å². The Kier molecular flexibility index (Phi) is 5.76. The van der Waals surface area contributed by atoms with Crippen molar-refractivity contribution in [3.8, 4) is 0 Å². The molecule has 138 valence electrons. The van der Waals surface area contributed by atoms with Crippen LogP contribution in [0.4, 0.5) is 5.69 Å². The second kappa shape index (κ2) is 8.22. The van der Waals surface area contributed by atoms with Gasteiger partial charge in [-0.2, -0.15) is 0 Å². The molecule has 5 nitrogen and oxygen atoms in total. The highest BCUT2D eigenvalue weighted by atomic mass is 32.2. The molecule has 1 N–H and O–H groups in total. The van der Waals surface area contributed by atoms with E-state index in [1.165, 1.54) is 23.6 Å². The first-order chi connectivity index (χ1) is 13.0. The van der Waals surface area contributed by atoms with E-state index in [-0.39, 0.29) is 17.7 Å². The summed E-state index contributed by atoms with van der Waals surface area (Å²) in [5.74, 6) is -0.0692. The average molecular weight is 380 g/mol. The summed E-state index contributed by atoms with van der Waals surface area (Å²) in [5.41, 5.74) is 2.84. The van der Waals surface area contributed by atoms with Crippen molar-refractivity contribution in [3.05, 3.63) is 70.6 Å². The van der Waals surface area contributed by atoms with Gasteiger partial charge in [0.05, 0.1) is 10.5 Å². The van der Waals surface area contributed by atoms with Gasteiger partial charge in [-0.3, -0.25) is 19.3 Å². The molecule has 1 aliphatic rings. The summed E-state index contributed by atoms with van der Waals surface area (Å²) >= 11 is 1.38. The van der Waals surface area contributed by atoms with Gasteiger partial charge in [0.1, 0.15) is 0 Å². The average Bonchev–Trinajstić information content (AvgIpc) is 2.90. The quantitative estimate of drug-likeness (QED) is 0.777. The predicted molar refractivity (Wildman–Crippen MR) is 108 cm³/mol. The van der Waals surface area contributed by atoms with Crippen LogP contribution in [0.15, 0.2) is 59.5 Å². The highest BCUT2D eigenvalue weighted by Crippen LogP contribution is 2.37. The number of benzene rings is 2. The summed E-state index contributed by atoms with van der Waals surface area (Å²) in [4.78, 5) is 38.4. The molecule has 6 heteroatoms. The molecule has 0 aliphatic carbocycles. The molecule has 0 aromatic heterocycles. The molecule has 3 amide bonds. The number of nitrogens with zero attached hydrogens (tertiary/aromatic N) is 1. The molecule has 0 saturated heterocycles. The molecule has 0 radical (unpaired) electrons. The second-order valence-electron chi connectivity index (χ2n) is 6.09. The van der Waals surface area contributed by atoms with Crippen LogP contribution in [-0.2, 0) is 20.1 Å². The van der Waals surface area contributed by atoms with Gasteiger partial charge in [-0.1, -0.05) is 42.5 Å². The van der Waals surface area contributed by atoms with Crippen LogP contribution < -0.4 is 5.32 Å². The van der Waals surface area contributed by atoms with E-state index < -0.39 is 0 Å². The number of nitrogens with one attached hydrogen (secondary N) is 1. The minimum absolute atomic E-state index is 0.162. The summed E-state index contributed by atoms with van der Waals surface area (Å²) in [7, 11) is 0. The summed E-state index contributed by atoms with van der Waals surface area (Å²) < 4.78 is 0. The van der Waals surface area contributed by atoms with Crippen molar-refractivity contribution in [1.82, 2.24) is 4.90 Å². The van der Waals surface area contributed by atoms with Crippen molar-refractivity contribution in [1.29, 1.82) is 0 Å². The standard InChI is InChI=1S/C21H20N2O3S/c1-3-23-20(25)18(16-9-11-17(12-10-16)22-14(2)24)19(21(23)26)27-13-15-7-5-4-6-8-15/h4-12H,3,13H2,1-2H3,(H,22,24). The summed E-state index contributed by atoms with van der Waals surface area (Å²) in [6, 6.07) is 16.8. The first-order valence-corrected chi connectivity index (χ1v) is 9.65. The largest absolute Gasteiger partial charge is 0.326 e. The van der Waals surface area contributed by atoms with Gasteiger partial charge in [-0.15, -0.1) is 11.8 Å². The molecule has 1 aliphatic heterocycles. The monoisotopic (exact) mass is 380 g/mol. The molecule has 0 bridgehead atoms. The number of carbonyl (C=O) groups is 3. The molecule has 2 aromatic carbocycles. The topological polar surface area (TPSA) is 66.5 Å². The third kappa shape index (κ3) is 4.11. The molecule has 2 aromatic rings.